The first-order valence-electron chi connectivity index (χ1n) is 9.30. The van der Waals surface area contributed by atoms with Crippen molar-refractivity contribution in [1.29, 1.82) is 0 Å². The SMILES string of the molecule is O=C(Nc1ccc(I)cc1)C1C2CCC(C2)C1C(=O)OC(C(F)(F)F)C(F)(F)S(=O)(=O)[O-]. The Hall–Kier alpha value is -1.55. The van der Waals surface area contributed by atoms with Crippen LogP contribution in [0.15, 0.2) is 24.3 Å². The number of carbonyl (C=O) groups excluding carboxylic acids is 2. The number of hydrogen-bond acceptors (Lipinski definition) is 6. The molecule has 1 aromatic carbocycles. The van der Waals surface area contributed by atoms with Crippen LogP contribution in [0.1, 0.15) is 19.3 Å². The first-order valence-corrected chi connectivity index (χ1v) is 11.8. The molecule has 178 valence electrons. The Kier molecular flexibility index (Phi) is 6.79. The van der Waals surface area contributed by atoms with E-state index in [1.807, 2.05) is 22.6 Å². The Morgan fingerprint density at radius 3 is 2.09 bits per heavy atom. The molecule has 14 heteroatoms. The highest BCUT2D eigenvalue weighted by molar-refractivity contribution is 14.1. The number of carbonyl (C=O) groups is 2. The van der Waals surface area contributed by atoms with Crippen LogP contribution in [0.3, 0.4) is 0 Å². The van der Waals surface area contributed by atoms with Gasteiger partial charge in [0, 0.05) is 9.26 Å². The molecular weight excluding hydrogens is 580 g/mol. The summed E-state index contributed by atoms with van der Waals surface area (Å²) < 4.78 is 104. The highest BCUT2D eigenvalue weighted by atomic mass is 127. The van der Waals surface area contributed by atoms with Gasteiger partial charge in [0.1, 0.15) is 0 Å². The third kappa shape index (κ3) is 4.85. The summed E-state index contributed by atoms with van der Waals surface area (Å²) in [7, 11) is -6.80. The Morgan fingerprint density at radius 1 is 1.06 bits per heavy atom. The van der Waals surface area contributed by atoms with Crippen molar-refractivity contribution in [2.24, 2.45) is 23.7 Å². The molecule has 2 aliphatic carbocycles. The van der Waals surface area contributed by atoms with Crippen LogP contribution in [0.2, 0.25) is 0 Å². The number of amides is 1. The molecule has 0 radical (unpaired) electrons. The number of benzene rings is 1. The second-order valence-corrected chi connectivity index (χ2v) is 10.5. The lowest BCUT2D eigenvalue weighted by atomic mass is 9.78. The molecule has 0 aromatic heterocycles. The maximum atomic E-state index is 13.7. The summed E-state index contributed by atoms with van der Waals surface area (Å²) in [6, 6.07) is 6.50. The average Bonchev–Trinajstić information content (AvgIpc) is 3.27. The number of nitrogens with one attached hydrogen (secondary N) is 1. The van der Waals surface area contributed by atoms with Gasteiger partial charge in [0.15, 0.2) is 10.1 Å². The van der Waals surface area contributed by atoms with E-state index < -0.39 is 57.3 Å². The van der Waals surface area contributed by atoms with E-state index in [4.69, 9.17) is 0 Å². The van der Waals surface area contributed by atoms with Gasteiger partial charge < -0.3 is 14.6 Å². The zero-order valence-electron chi connectivity index (χ0n) is 15.9. The Balaban J connectivity index is 1.84. The lowest BCUT2D eigenvalue weighted by Gasteiger charge is -2.33. The summed E-state index contributed by atoms with van der Waals surface area (Å²) >= 11 is 2.03. The molecule has 2 aliphatic rings. The molecule has 2 bridgehead atoms. The van der Waals surface area contributed by atoms with Crippen LogP contribution in [0, 0.1) is 27.2 Å². The number of hydrogen-bond donors (Lipinski definition) is 1. The van der Waals surface area contributed by atoms with Crippen molar-refractivity contribution in [2.45, 2.75) is 36.8 Å². The molecule has 0 spiro atoms. The van der Waals surface area contributed by atoms with Gasteiger partial charge in [0.25, 0.3) is 6.10 Å². The van der Waals surface area contributed by atoms with E-state index in [0.717, 1.165) is 3.57 Å². The standard InChI is InChI=1S/C18H17F5INO6S/c19-17(20,21)16(18(22,23)32(28,29)30)31-15(27)13-9-2-1-8(7-9)12(13)14(26)25-11-5-3-10(24)4-6-11/h3-6,8-9,12-13,16H,1-2,7H2,(H,25,26)(H,28,29,30)/p-1. The largest absolute Gasteiger partial charge is 0.743 e. The lowest BCUT2D eigenvalue weighted by Crippen LogP contribution is -2.53. The molecule has 2 fully saturated rings. The minimum Gasteiger partial charge on any atom is -0.743 e. The average molecular weight is 596 g/mol. The number of alkyl halides is 5. The highest BCUT2D eigenvalue weighted by Gasteiger charge is 2.64. The van der Waals surface area contributed by atoms with Gasteiger partial charge in [-0.05, 0) is 78.0 Å². The monoisotopic (exact) mass is 596 g/mol. The number of anilines is 1. The van der Waals surface area contributed by atoms with E-state index in [1.165, 1.54) is 0 Å². The van der Waals surface area contributed by atoms with E-state index in [-0.39, 0.29) is 5.92 Å². The summed E-state index contributed by atoms with van der Waals surface area (Å²) in [6.45, 7) is 0. The van der Waals surface area contributed by atoms with Gasteiger partial charge >= 0.3 is 17.4 Å². The number of esters is 1. The summed E-state index contributed by atoms with van der Waals surface area (Å²) in [5.74, 6) is -6.07. The Bertz CT molecular complexity index is 1000. The highest BCUT2D eigenvalue weighted by Crippen LogP contribution is 2.53. The van der Waals surface area contributed by atoms with Crippen LogP contribution < -0.4 is 5.32 Å². The van der Waals surface area contributed by atoms with Gasteiger partial charge in [-0.3, -0.25) is 9.59 Å². The molecule has 0 heterocycles. The van der Waals surface area contributed by atoms with Gasteiger partial charge in [0.05, 0.1) is 11.8 Å². The predicted octanol–water partition coefficient (Wildman–Crippen LogP) is 3.50. The quantitative estimate of drug-likeness (QED) is 0.233. The van der Waals surface area contributed by atoms with Crippen molar-refractivity contribution in [2.75, 3.05) is 5.32 Å². The van der Waals surface area contributed by atoms with Crippen LogP contribution in [-0.2, 0) is 24.4 Å². The maximum Gasteiger partial charge on any atom is 0.432 e. The number of rotatable bonds is 6. The molecular formula is C18H16F5INO6S-. The number of fused-ring (bicyclic) bond motifs is 2. The van der Waals surface area contributed by atoms with Crippen molar-refractivity contribution >= 4 is 50.3 Å². The fraction of sp³-hybridized carbons (Fsp3) is 0.556. The third-order valence-corrected chi connectivity index (χ3v) is 7.37. The molecule has 2 saturated carbocycles. The second kappa shape index (κ2) is 8.66. The fourth-order valence-electron chi connectivity index (χ4n) is 4.42. The zero-order chi connectivity index (χ0) is 24.1. The molecule has 0 saturated heterocycles. The first-order chi connectivity index (χ1) is 14.6. The lowest BCUT2D eigenvalue weighted by molar-refractivity contribution is -0.261. The topological polar surface area (TPSA) is 113 Å². The van der Waals surface area contributed by atoms with E-state index in [9.17, 15) is 44.5 Å². The van der Waals surface area contributed by atoms with Crippen molar-refractivity contribution in [3.63, 3.8) is 0 Å². The molecule has 3 rings (SSSR count). The normalized spacial score (nSPS) is 26.6. The second-order valence-electron chi connectivity index (χ2n) is 7.76. The van der Waals surface area contributed by atoms with Crippen LogP contribution in [0.4, 0.5) is 27.6 Å². The van der Waals surface area contributed by atoms with E-state index in [1.54, 1.807) is 24.3 Å². The van der Waals surface area contributed by atoms with Gasteiger partial charge in [-0.25, -0.2) is 8.42 Å². The van der Waals surface area contributed by atoms with Gasteiger partial charge in [-0.1, -0.05) is 0 Å². The van der Waals surface area contributed by atoms with Crippen molar-refractivity contribution in [1.82, 2.24) is 0 Å². The van der Waals surface area contributed by atoms with Gasteiger partial charge in [0.2, 0.25) is 5.91 Å². The summed E-state index contributed by atoms with van der Waals surface area (Å²) in [6.07, 6.45) is -9.34. The Morgan fingerprint density at radius 2 is 1.59 bits per heavy atom. The molecule has 32 heavy (non-hydrogen) atoms. The minimum absolute atomic E-state index is 0.303. The van der Waals surface area contributed by atoms with Crippen LogP contribution in [0.5, 0.6) is 0 Å². The third-order valence-electron chi connectivity index (χ3n) is 5.77. The molecule has 5 unspecified atom stereocenters. The van der Waals surface area contributed by atoms with Crippen LogP contribution in [-0.4, -0.2) is 42.4 Å². The van der Waals surface area contributed by atoms with E-state index >= 15 is 0 Å². The van der Waals surface area contributed by atoms with Crippen LogP contribution >= 0.6 is 22.6 Å². The number of ether oxygens (including phenoxy) is 1. The Labute approximate surface area is 193 Å². The minimum atomic E-state index is -6.80. The van der Waals surface area contributed by atoms with Crippen molar-refractivity contribution in [3.8, 4) is 0 Å². The zero-order valence-corrected chi connectivity index (χ0v) is 18.9. The van der Waals surface area contributed by atoms with E-state index in [0.29, 0.717) is 24.9 Å². The molecule has 0 aliphatic heterocycles. The van der Waals surface area contributed by atoms with Crippen LogP contribution in [0.25, 0.3) is 0 Å². The summed E-state index contributed by atoms with van der Waals surface area (Å²) in [4.78, 5) is 25.4. The van der Waals surface area contributed by atoms with Crippen molar-refractivity contribution in [3.05, 3.63) is 27.8 Å². The molecule has 1 amide bonds. The predicted molar refractivity (Wildman–Crippen MR) is 106 cm³/mol. The number of halogens is 6. The first kappa shape index (κ1) is 25.1. The summed E-state index contributed by atoms with van der Waals surface area (Å²) in [5.41, 5.74) is 0.363. The van der Waals surface area contributed by atoms with Crippen molar-refractivity contribution < 1.29 is 49.2 Å². The maximum absolute atomic E-state index is 13.7. The molecule has 1 aromatic rings. The van der Waals surface area contributed by atoms with Gasteiger partial charge in [-0.15, -0.1) is 0 Å². The molecule has 7 nitrogen and oxygen atoms in total. The molecule has 1 N–H and O–H groups in total. The van der Waals surface area contributed by atoms with E-state index in [2.05, 4.69) is 10.1 Å². The molecule has 5 atom stereocenters. The van der Waals surface area contributed by atoms with Gasteiger partial charge in [-0.2, -0.15) is 22.0 Å². The smallest absolute Gasteiger partial charge is 0.432 e. The fourth-order valence-corrected chi connectivity index (χ4v) is 5.22. The summed E-state index contributed by atoms with van der Waals surface area (Å²) in [5, 5.41) is -3.38.